The van der Waals surface area contributed by atoms with Crippen LogP contribution >= 0.6 is 0 Å². The molecule has 4 rings (SSSR count). The van der Waals surface area contributed by atoms with Crippen LogP contribution in [0.25, 0.3) is 0 Å². The fourth-order valence-corrected chi connectivity index (χ4v) is 3.64. The first kappa shape index (κ1) is 17.9. The van der Waals surface area contributed by atoms with Crippen molar-refractivity contribution < 1.29 is 19.5 Å². The van der Waals surface area contributed by atoms with Crippen LogP contribution in [-0.2, 0) is 6.54 Å². The smallest absolute Gasteiger partial charge is 0.319 e. The van der Waals surface area contributed by atoms with Crippen LogP contribution in [0.2, 0.25) is 0 Å². The van der Waals surface area contributed by atoms with E-state index in [2.05, 4.69) is 26.1 Å². The maximum Gasteiger partial charge on any atom is 0.319 e. The molecule has 27 heavy (non-hydrogen) atoms. The van der Waals surface area contributed by atoms with Gasteiger partial charge >= 0.3 is 6.03 Å². The number of aromatic nitrogens is 4. The Bertz CT molecular complexity index is 810. The van der Waals surface area contributed by atoms with Crippen molar-refractivity contribution in [2.24, 2.45) is 5.92 Å². The number of carbonyl (C=O) groups is 1. The Morgan fingerprint density at radius 1 is 1.33 bits per heavy atom. The molecule has 0 radical (unpaired) electrons. The number of aryl methyl sites for hydroxylation is 2. The van der Waals surface area contributed by atoms with Gasteiger partial charge in [-0.25, -0.2) is 4.79 Å². The van der Waals surface area contributed by atoms with E-state index in [0.29, 0.717) is 36.0 Å². The maximum absolute atomic E-state index is 12.3. The zero-order chi connectivity index (χ0) is 19.1. The van der Waals surface area contributed by atoms with Gasteiger partial charge in [-0.1, -0.05) is 10.4 Å². The van der Waals surface area contributed by atoms with Gasteiger partial charge in [-0.05, 0) is 33.1 Å². The van der Waals surface area contributed by atoms with E-state index < -0.39 is 24.3 Å². The van der Waals surface area contributed by atoms with Gasteiger partial charge in [0.2, 0.25) is 0 Å². The molecule has 2 heterocycles. The Morgan fingerprint density at radius 2 is 2.11 bits per heavy atom. The van der Waals surface area contributed by atoms with Gasteiger partial charge in [-0.2, -0.15) is 0 Å². The van der Waals surface area contributed by atoms with Crippen LogP contribution in [0.15, 0.2) is 10.7 Å². The first-order valence-corrected chi connectivity index (χ1v) is 9.19. The number of nitrogens with zero attached hydrogens (tertiary/aromatic N) is 4. The average Bonchev–Trinajstić information content (AvgIpc) is 3.24. The largest absolute Gasteiger partial charge is 0.390 e. The monoisotopic (exact) mass is 376 g/mol. The van der Waals surface area contributed by atoms with Crippen LogP contribution in [0.3, 0.4) is 0 Å². The Hall–Kier alpha value is -2.46. The van der Waals surface area contributed by atoms with E-state index in [-0.39, 0.29) is 5.92 Å². The molecule has 2 aliphatic rings. The van der Waals surface area contributed by atoms with Crippen molar-refractivity contribution in [3.63, 3.8) is 0 Å². The SMILES string of the molecule is Cc1noc(C)c1NC(=O)N[C@@H]1C[C@H](Cn2cc(C3CC3)nn2)[C@@H](O)[C@H]1O. The molecule has 146 valence electrons. The van der Waals surface area contributed by atoms with E-state index >= 15 is 0 Å². The summed E-state index contributed by atoms with van der Waals surface area (Å²) in [6, 6.07) is -1.03. The number of urea groups is 1. The van der Waals surface area contributed by atoms with E-state index in [1.807, 2.05) is 6.20 Å². The third kappa shape index (κ3) is 3.67. The predicted molar refractivity (Wildman–Crippen MR) is 94.0 cm³/mol. The first-order chi connectivity index (χ1) is 12.9. The minimum Gasteiger partial charge on any atom is -0.390 e. The molecule has 0 aromatic carbocycles. The van der Waals surface area contributed by atoms with Crippen LogP contribution in [0.4, 0.5) is 10.5 Å². The second-order valence-electron chi connectivity index (χ2n) is 7.52. The third-order valence-electron chi connectivity index (χ3n) is 5.36. The molecular weight excluding hydrogens is 352 g/mol. The number of hydrogen-bond acceptors (Lipinski definition) is 7. The molecule has 0 bridgehead atoms. The standard InChI is InChI=1S/C17H24N6O4/c1-8-14(9(2)27-21-8)19-17(26)18-12-5-11(15(24)16(12)25)6-23-7-13(20-22-23)10-3-4-10/h7,10-12,15-16,24-25H,3-6H2,1-2H3,(H2,18,19,26)/t11-,12-,15-,16+/m1/s1. The van der Waals surface area contributed by atoms with Gasteiger partial charge in [-0.3, -0.25) is 4.68 Å². The minimum atomic E-state index is -1.04. The van der Waals surface area contributed by atoms with Crippen molar-refractivity contribution in [2.75, 3.05) is 5.32 Å². The molecule has 2 aromatic heterocycles. The number of aliphatic hydroxyl groups excluding tert-OH is 2. The van der Waals surface area contributed by atoms with Gasteiger partial charge < -0.3 is 25.4 Å². The van der Waals surface area contributed by atoms with Crippen LogP contribution in [0.1, 0.15) is 42.3 Å². The van der Waals surface area contributed by atoms with Crippen molar-refractivity contribution in [1.29, 1.82) is 0 Å². The summed E-state index contributed by atoms with van der Waals surface area (Å²) < 4.78 is 6.72. The predicted octanol–water partition coefficient (Wildman–Crippen LogP) is 0.692. The Labute approximate surface area is 155 Å². The van der Waals surface area contributed by atoms with E-state index in [0.717, 1.165) is 18.5 Å². The average molecular weight is 376 g/mol. The van der Waals surface area contributed by atoms with E-state index in [4.69, 9.17) is 4.52 Å². The number of carbonyl (C=O) groups excluding carboxylic acids is 1. The highest BCUT2D eigenvalue weighted by molar-refractivity contribution is 5.90. The van der Waals surface area contributed by atoms with Crippen molar-refractivity contribution in [2.45, 2.75) is 63.8 Å². The summed E-state index contributed by atoms with van der Waals surface area (Å²) in [5, 5.41) is 38.2. The lowest BCUT2D eigenvalue weighted by atomic mass is 10.1. The van der Waals surface area contributed by atoms with Crippen molar-refractivity contribution in [3.8, 4) is 0 Å². The number of nitrogens with one attached hydrogen (secondary N) is 2. The van der Waals surface area contributed by atoms with Crippen LogP contribution < -0.4 is 10.6 Å². The van der Waals surface area contributed by atoms with Crippen LogP contribution in [0.5, 0.6) is 0 Å². The molecule has 0 saturated heterocycles. The van der Waals surface area contributed by atoms with E-state index in [9.17, 15) is 15.0 Å². The molecule has 0 unspecified atom stereocenters. The van der Waals surface area contributed by atoms with Gasteiger partial charge in [0, 0.05) is 24.6 Å². The summed E-state index contributed by atoms with van der Waals surface area (Å²) >= 11 is 0. The lowest BCUT2D eigenvalue weighted by molar-refractivity contribution is 0.00878. The highest BCUT2D eigenvalue weighted by atomic mass is 16.5. The Kier molecular flexibility index (Phi) is 4.60. The van der Waals surface area contributed by atoms with Crippen molar-refractivity contribution >= 4 is 11.7 Å². The number of aliphatic hydroxyl groups is 2. The first-order valence-electron chi connectivity index (χ1n) is 9.19. The van der Waals surface area contributed by atoms with Crippen molar-refractivity contribution in [1.82, 2.24) is 25.5 Å². The lowest BCUT2D eigenvalue weighted by Gasteiger charge is -2.18. The zero-order valence-corrected chi connectivity index (χ0v) is 15.3. The van der Waals surface area contributed by atoms with E-state index in [1.54, 1.807) is 18.5 Å². The minimum absolute atomic E-state index is 0.224. The number of anilines is 1. The number of amides is 2. The van der Waals surface area contributed by atoms with E-state index in [1.165, 1.54) is 0 Å². The lowest BCUT2D eigenvalue weighted by Crippen LogP contribution is -2.44. The van der Waals surface area contributed by atoms with Gasteiger partial charge in [0.25, 0.3) is 0 Å². The Balaban J connectivity index is 1.35. The van der Waals surface area contributed by atoms with Crippen LogP contribution in [-0.4, -0.2) is 54.6 Å². The summed E-state index contributed by atoms with van der Waals surface area (Å²) in [6.07, 6.45) is 2.66. The molecule has 0 aliphatic heterocycles. The molecule has 0 spiro atoms. The summed E-state index contributed by atoms with van der Waals surface area (Å²) in [4.78, 5) is 12.3. The van der Waals surface area contributed by atoms with Crippen LogP contribution in [0, 0.1) is 19.8 Å². The molecule has 10 nitrogen and oxygen atoms in total. The summed E-state index contributed by atoms with van der Waals surface area (Å²) in [5.41, 5.74) is 2.06. The zero-order valence-electron chi connectivity index (χ0n) is 15.3. The molecule has 2 fully saturated rings. The molecule has 4 N–H and O–H groups in total. The number of rotatable bonds is 5. The molecule has 2 aromatic rings. The second kappa shape index (κ2) is 6.93. The highest BCUT2D eigenvalue weighted by Crippen LogP contribution is 2.38. The van der Waals surface area contributed by atoms with Crippen molar-refractivity contribution in [3.05, 3.63) is 23.3 Å². The molecular formula is C17H24N6O4. The third-order valence-corrected chi connectivity index (χ3v) is 5.36. The molecule has 2 amide bonds. The van der Waals surface area contributed by atoms with Gasteiger partial charge in [0.05, 0.1) is 17.8 Å². The topological polar surface area (TPSA) is 138 Å². The van der Waals surface area contributed by atoms with Gasteiger partial charge in [0.1, 0.15) is 17.5 Å². The second-order valence-corrected chi connectivity index (χ2v) is 7.52. The fraction of sp³-hybridized carbons (Fsp3) is 0.647. The fourth-order valence-electron chi connectivity index (χ4n) is 3.64. The molecule has 4 atom stereocenters. The molecule has 2 aliphatic carbocycles. The summed E-state index contributed by atoms with van der Waals surface area (Å²) in [6.45, 7) is 3.87. The Morgan fingerprint density at radius 3 is 2.78 bits per heavy atom. The summed E-state index contributed by atoms with van der Waals surface area (Å²) in [7, 11) is 0. The highest BCUT2D eigenvalue weighted by Gasteiger charge is 2.42. The normalized spacial score (nSPS) is 27.7. The summed E-state index contributed by atoms with van der Waals surface area (Å²) in [5.74, 6) is 0.795. The number of hydrogen-bond donors (Lipinski definition) is 4. The maximum atomic E-state index is 12.3. The van der Waals surface area contributed by atoms with Gasteiger partial charge in [0.15, 0.2) is 5.76 Å². The molecule has 2 saturated carbocycles. The quantitative estimate of drug-likeness (QED) is 0.602. The van der Waals surface area contributed by atoms with Gasteiger partial charge in [-0.15, -0.1) is 5.10 Å². The molecule has 10 heteroatoms.